The van der Waals surface area contributed by atoms with Crippen LogP contribution < -0.4 is 9.62 Å². The molecule has 4 rings (SSSR count). The second-order valence-electron chi connectivity index (χ2n) is 7.19. The van der Waals surface area contributed by atoms with Crippen LogP contribution in [0.25, 0.3) is 0 Å². The molecule has 1 aliphatic heterocycles. The highest BCUT2D eigenvalue weighted by atomic mass is 32.2. The van der Waals surface area contributed by atoms with Crippen molar-refractivity contribution in [2.45, 2.75) is 24.7 Å². The average Bonchev–Trinajstić information content (AvgIpc) is 2.74. The molecule has 6 heteroatoms. The number of benzene rings is 3. The summed E-state index contributed by atoms with van der Waals surface area (Å²) in [4.78, 5) is 14.8. The third-order valence-corrected chi connectivity index (χ3v) is 6.43. The first-order chi connectivity index (χ1) is 13.9. The van der Waals surface area contributed by atoms with E-state index in [9.17, 15) is 13.2 Å². The van der Waals surface area contributed by atoms with Gasteiger partial charge in [-0.1, -0.05) is 35.9 Å². The Bertz CT molecular complexity index is 1140. The Morgan fingerprint density at radius 1 is 0.966 bits per heavy atom. The maximum Gasteiger partial charge on any atom is 0.261 e. The molecule has 0 spiro atoms. The lowest BCUT2D eigenvalue weighted by Crippen LogP contribution is -2.35. The van der Waals surface area contributed by atoms with Crippen molar-refractivity contribution < 1.29 is 13.2 Å². The molecule has 0 fully saturated rings. The second kappa shape index (κ2) is 7.72. The molecule has 0 saturated carbocycles. The zero-order valence-electron chi connectivity index (χ0n) is 16.1. The van der Waals surface area contributed by atoms with Crippen molar-refractivity contribution in [2.75, 3.05) is 16.2 Å². The van der Waals surface area contributed by atoms with Crippen molar-refractivity contribution in [3.05, 3.63) is 89.5 Å². The fraction of sp³-hybridized carbons (Fsp3) is 0.174. The Labute approximate surface area is 171 Å². The van der Waals surface area contributed by atoms with Crippen molar-refractivity contribution in [1.29, 1.82) is 0 Å². The van der Waals surface area contributed by atoms with E-state index >= 15 is 0 Å². The summed E-state index contributed by atoms with van der Waals surface area (Å²) < 4.78 is 28.3. The number of carbonyl (C=O) groups is 1. The molecule has 0 bridgehead atoms. The van der Waals surface area contributed by atoms with Crippen LogP contribution >= 0.6 is 0 Å². The summed E-state index contributed by atoms with van der Waals surface area (Å²) >= 11 is 0. The topological polar surface area (TPSA) is 66.5 Å². The SMILES string of the molecule is Cc1ccc(NS(=O)(=O)c2ccc3c(c2)CCCN3C(=O)c2ccccc2)cc1. The maximum absolute atomic E-state index is 12.9. The van der Waals surface area contributed by atoms with Crippen LogP contribution in [0.2, 0.25) is 0 Å². The van der Waals surface area contributed by atoms with E-state index < -0.39 is 10.0 Å². The van der Waals surface area contributed by atoms with Gasteiger partial charge >= 0.3 is 0 Å². The Morgan fingerprint density at radius 3 is 2.41 bits per heavy atom. The highest BCUT2D eigenvalue weighted by Gasteiger charge is 2.25. The first-order valence-corrected chi connectivity index (χ1v) is 11.0. The first-order valence-electron chi connectivity index (χ1n) is 9.53. The minimum atomic E-state index is -3.70. The van der Waals surface area contributed by atoms with Crippen LogP contribution in [0.3, 0.4) is 0 Å². The number of hydrogen-bond donors (Lipinski definition) is 1. The van der Waals surface area contributed by atoms with Crippen molar-refractivity contribution in [1.82, 2.24) is 0 Å². The van der Waals surface area contributed by atoms with Crippen LogP contribution in [0.1, 0.15) is 27.9 Å². The number of hydrogen-bond acceptors (Lipinski definition) is 3. The Kier molecular flexibility index (Phi) is 5.11. The lowest BCUT2D eigenvalue weighted by atomic mass is 10.0. The van der Waals surface area contributed by atoms with Gasteiger partial charge in [0.15, 0.2) is 0 Å². The molecule has 3 aromatic carbocycles. The normalized spacial score (nSPS) is 13.6. The van der Waals surface area contributed by atoms with Crippen molar-refractivity contribution in [3.8, 4) is 0 Å². The van der Waals surface area contributed by atoms with Gasteiger partial charge in [-0.15, -0.1) is 0 Å². The van der Waals surface area contributed by atoms with Crippen LogP contribution in [0.5, 0.6) is 0 Å². The summed E-state index contributed by atoms with van der Waals surface area (Å²) in [6.45, 7) is 2.57. The number of carbonyl (C=O) groups excluding carboxylic acids is 1. The maximum atomic E-state index is 12.9. The zero-order valence-corrected chi connectivity index (χ0v) is 16.9. The fourth-order valence-electron chi connectivity index (χ4n) is 3.52. The number of nitrogens with one attached hydrogen (secondary N) is 1. The summed E-state index contributed by atoms with van der Waals surface area (Å²) in [5, 5.41) is 0. The number of amides is 1. The standard InChI is InChI=1S/C23H22N2O3S/c1-17-9-11-20(12-10-17)24-29(27,28)21-13-14-22-19(16-21)8-5-15-25(22)23(26)18-6-3-2-4-7-18/h2-4,6-7,9-14,16,24H,5,8,15H2,1H3. The Hall–Kier alpha value is -3.12. The van der Waals surface area contributed by atoms with E-state index in [1.54, 1.807) is 47.4 Å². The van der Waals surface area contributed by atoms with Gasteiger partial charge in [-0.2, -0.15) is 0 Å². The van der Waals surface area contributed by atoms with Crippen molar-refractivity contribution in [3.63, 3.8) is 0 Å². The summed E-state index contributed by atoms with van der Waals surface area (Å²) in [5.41, 5.74) is 3.85. The largest absolute Gasteiger partial charge is 0.308 e. The molecule has 1 heterocycles. The van der Waals surface area contributed by atoms with Crippen LogP contribution in [-0.4, -0.2) is 20.9 Å². The Morgan fingerprint density at radius 2 is 1.69 bits per heavy atom. The van der Waals surface area contributed by atoms with Gasteiger partial charge in [0.2, 0.25) is 0 Å². The summed E-state index contributed by atoms with van der Waals surface area (Å²) in [5.74, 6) is -0.0695. The Balaban J connectivity index is 1.63. The highest BCUT2D eigenvalue weighted by molar-refractivity contribution is 7.92. The number of sulfonamides is 1. The van der Waals surface area contributed by atoms with Crippen LogP contribution in [0.15, 0.2) is 77.7 Å². The predicted molar refractivity (Wildman–Crippen MR) is 115 cm³/mol. The predicted octanol–water partition coefficient (Wildman–Crippen LogP) is 4.39. The van der Waals surface area contributed by atoms with Gasteiger partial charge in [0.25, 0.3) is 15.9 Å². The van der Waals surface area contributed by atoms with Gasteiger partial charge in [-0.05, 0) is 67.8 Å². The van der Waals surface area contributed by atoms with Gasteiger partial charge in [-0.3, -0.25) is 9.52 Å². The van der Waals surface area contributed by atoms with Crippen molar-refractivity contribution >= 4 is 27.3 Å². The lowest BCUT2D eigenvalue weighted by molar-refractivity contribution is 0.0985. The van der Waals surface area contributed by atoms with E-state index in [1.165, 1.54) is 0 Å². The molecular formula is C23H22N2O3S. The number of nitrogens with zero attached hydrogens (tertiary/aromatic N) is 1. The van der Waals surface area contributed by atoms with Gasteiger partial charge in [0.1, 0.15) is 0 Å². The molecule has 148 valence electrons. The van der Waals surface area contributed by atoms with Gasteiger partial charge < -0.3 is 4.90 Å². The lowest BCUT2D eigenvalue weighted by Gasteiger charge is -2.30. The monoisotopic (exact) mass is 406 g/mol. The van der Waals surface area contributed by atoms with E-state index in [-0.39, 0.29) is 10.8 Å². The van der Waals surface area contributed by atoms with Gasteiger partial charge in [0, 0.05) is 23.5 Å². The molecule has 29 heavy (non-hydrogen) atoms. The molecule has 1 N–H and O–H groups in total. The molecule has 5 nitrogen and oxygen atoms in total. The van der Waals surface area contributed by atoms with E-state index in [0.29, 0.717) is 17.8 Å². The molecule has 0 aromatic heterocycles. The van der Waals surface area contributed by atoms with E-state index in [2.05, 4.69) is 4.72 Å². The number of anilines is 2. The third-order valence-electron chi connectivity index (χ3n) is 5.05. The highest BCUT2D eigenvalue weighted by Crippen LogP contribution is 2.31. The minimum absolute atomic E-state index is 0.0695. The van der Waals surface area contributed by atoms with Gasteiger partial charge in [-0.25, -0.2) is 8.42 Å². The molecule has 0 aliphatic carbocycles. The second-order valence-corrected chi connectivity index (χ2v) is 8.87. The molecule has 0 radical (unpaired) electrons. The summed E-state index contributed by atoms with van der Waals surface area (Å²) in [6.07, 6.45) is 1.53. The molecule has 0 unspecified atom stereocenters. The molecule has 3 aromatic rings. The molecule has 1 aliphatic rings. The van der Waals surface area contributed by atoms with Crippen molar-refractivity contribution in [2.24, 2.45) is 0 Å². The summed E-state index contributed by atoms with van der Waals surface area (Å²) in [7, 11) is -3.70. The van der Waals surface area contributed by atoms with Crippen LogP contribution in [-0.2, 0) is 16.4 Å². The first kappa shape index (κ1) is 19.2. The van der Waals surface area contributed by atoms with E-state index in [0.717, 1.165) is 29.7 Å². The van der Waals surface area contributed by atoms with Crippen LogP contribution in [0.4, 0.5) is 11.4 Å². The zero-order chi connectivity index (χ0) is 20.4. The number of aryl methyl sites for hydroxylation is 2. The average molecular weight is 407 g/mol. The fourth-order valence-corrected chi connectivity index (χ4v) is 4.63. The third kappa shape index (κ3) is 4.03. The van der Waals surface area contributed by atoms with Gasteiger partial charge in [0.05, 0.1) is 4.90 Å². The van der Waals surface area contributed by atoms with E-state index in [1.807, 2.05) is 37.3 Å². The molecule has 0 atom stereocenters. The van der Waals surface area contributed by atoms with E-state index in [4.69, 9.17) is 0 Å². The molecular weight excluding hydrogens is 384 g/mol. The number of rotatable bonds is 4. The molecule has 1 amide bonds. The minimum Gasteiger partial charge on any atom is -0.308 e. The number of fused-ring (bicyclic) bond motifs is 1. The molecule has 0 saturated heterocycles. The summed E-state index contributed by atoms with van der Waals surface area (Å²) in [6, 6.07) is 21.3. The quantitative estimate of drug-likeness (QED) is 0.699. The smallest absolute Gasteiger partial charge is 0.261 e. The van der Waals surface area contributed by atoms with Crippen LogP contribution in [0, 0.1) is 6.92 Å².